The predicted molar refractivity (Wildman–Crippen MR) is 90.9 cm³/mol. The number of ether oxygens (including phenoxy) is 1. The normalized spacial score (nSPS) is 11.6. The molecule has 1 aromatic carbocycles. The number of nitrogens with two attached hydrogens (primary N) is 1. The van der Waals surface area contributed by atoms with Crippen LogP contribution in [0.5, 0.6) is 0 Å². The maximum Gasteiger partial charge on any atom is 0.361 e. The van der Waals surface area contributed by atoms with Gasteiger partial charge in [0, 0.05) is 24.0 Å². The van der Waals surface area contributed by atoms with Crippen LogP contribution >= 0.6 is 0 Å². The Morgan fingerprint density at radius 3 is 2.58 bits per heavy atom. The van der Waals surface area contributed by atoms with E-state index in [-0.39, 0.29) is 17.3 Å². The number of aryl methyl sites for hydroxylation is 1. The smallest absolute Gasteiger partial charge is 0.361 e. The van der Waals surface area contributed by atoms with E-state index in [2.05, 4.69) is 20.4 Å². The van der Waals surface area contributed by atoms with Crippen LogP contribution in [0.15, 0.2) is 53.3 Å². The Balaban J connectivity index is 1.85. The summed E-state index contributed by atoms with van der Waals surface area (Å²) in [6, 6.07) is 10.1. The zero-order valence-corrected chi connectivity index (χ0v) is 13.7. The quantitative estimate of drug-likeness (QED) is 0.664. The van der Waals surface area contributed by atoms with Crippen molar-refractivity contribution < 1.29 is 18.8 Å². The lowest BCUT2D eigenvalue weighted by Gasteiger charge is -2.17. The van der Waals surface area contributed by atoms with Gasteiger partial charge >= 0.3 is 5.97 Å². The number of amides is 1. The number of carbonyl (C=O) groups excluding carboxylic acids is 2. The van der Waals surface area contributed by atoms with E-state index in [0.717, 1.165) is 0 Å². The molecule has 0 radical (unpaired) electrons. The van der Waals surface area contributed by atoms with Crippen molar-refractivity contribution in [2.24, 2.45) is 0 Å². The van der Waals surface area contributed by atoms with Crippen molar-refractivity contribution in [2.75, 3.05) is 11.1 Å². The molecule has 0 aliphatic carbocycles. The van der Waals surface area contributed by atoms with Crippen LogP contribution in [0.25, 0.3) is 0 Å². The lowest BCUT2D eigenvalue weighted by molar-refractivity contribution is -0.125. The second kappa shape index (κ2) is 7.43. The van der Waals surface area contributed by atoms with Crippen molar-refractivity contribution in [3.8, 4) is 0 Å². The van der Waals surface area contributed by atoms with Gasteiger partial charge in [-0.25, -0.2) is 14.8 Å². The molecule has 0 aliphatic rings. The number of esters is 1. The number of nitrogens with zero attached hydrogens (tertiary/aromatic N) is 3. The maximum atomic E-state index is 12.6. The minimum Gasteiger partial charge on any atom is -0.442 e. The first-order chi connectivity index (χ1) is 12.5. The maximum absolute atomic E-state index is 12.6. The average molecular weight is 353 g/mol. The number of aromatic nitrogens is 3. The highest BCUT2D eigenvalue weighted by atomic mass is 16.5. The van der Waals surface area contributed by atoms with Gasteiger partial charge in [-0.15, -0.1) is 0 Å². The lowest BCUT2D eigenvalue weighted by atomic mass is 10.1. The van der Waals surface area contributed by atoms with Crippen LogP contribution in [-0.2, 0) is 9.53 Å². The van der Waals surface area contributed by atoms with Crippen molar-refractivity contribution in [1.82, 2.24) is 15.1 Å². The third-order valence-corrected chi connectivity index (χ3v) is 3.36. The van der Waals surface area contributed by atoms with Crippen molar-refractivity contribution in [3.05, 3.63) is 65.8 Å². The highest BCUT2D eigenvalue weighted by molar-refractivity contribution is 5.98. The Morgan fingerprint density at radius 1 is 1.19 bits per heavy atom. The first-order valence-corrected chi connectivity index (χ1v) is 7.61. The predicted octanol–water partition coefficient (Wildman–Crippen LogP) is 1.89. The number of nitrogen functional groups attached to an aromatic ring is 1. The summed E-state index contributed by atoms with van der Waals surface area (Å²) in [4.78, 5) is 32.7. The molecule has 3 N–H and O–H groups in total. The summed E-state index contributed by atoms with van der Waals surface area (Å²) < 4.78 is 10.3. The van der Waals surface area contributed by atoms with Gasteiger partial charge < -0.3 is 20.3 Å². The molecule has 0 aliphatic heterocycles. The first kappa shape index (κ1) is 17.1. The third kappa shape index (κ3) is 3.83. The Hall–Kier alpha value is -3.75. The SMILES string of the molecule is Cc1cc(NC(=O)[C@@H](OC(=O)c2nccnc2N)c2ccccc2)no1. The molecule has 9 nitrogen and oxygen atoms in total. The molecule has 0 fully saturated rings. The van der Waals surface area contributed by atoms with E-state index in [1.807, 2.05) is 0 Å². The molecule has 132 valence electrons. The average Bonchev–Trinajstić information content (AvgIpc) is 3.05. The van der Waals surface area contributed by atoms with E-state index in [4.69, 9.17) is 15.0 Å². The summed E-state index contributed by atoms with van der Waals surface area (Å²) >= 11 is 0. The molecule has 9 heteroatoms. The minimum atomic E-state index is -1.23. The molecule has 0 saturated heterocycles. The van der Waals surface area contributed by atoms with Crippen molar-refractivity contribution in [2.45, 2.75) is 13.0 Å². The summed E-state index contributed by atoms with van der Waals surface area (Å²) in [6.45, 7) is 1.69. The molecule has 0 saturated carbocycles. The Kier molecular flexibility index (Phi) is 4.88. The largest absolute Gasteiger partial charge is 0.442 e. The number of nitrogens with one attached hydrogen (secondary N) is 1. The Bertz CT molecular complexity index is 926. The molecule has 26 heavy (non-hydrogen) atoms. The molecule has 3 aromatic rings. The fourth-order valence-electron chi connectivity index (χ4n) is 2.19. The van der Waals surface area contributed by atoms with E-state index in [9.17, 15) is 9.59 Å². The second-order valence-electron chi connectivity index (χ2n) is 5.30. The number of hydrogen-bond acceptors (Lipinski definition) is 8. The number of rotatable bonds is 5. The van der Waals surface area contributed by atoms with Gasteiger partial charge in [-0.05, 0) is 6.92 Å². The van der Waals surface area contributed by atoms with Gasteiger partial charge in [0.05, 0.1) is 0 Å². The zero-order valence-electron chi connectivity index (χ0n) is 13.7. The first-order valence-electron chi connectivity index (χ1n) is 7.61. The van der Waals surface area contributed by atoms with Crippen LogP contribution in [0.1, 0.15) is 27.9 Å². The molecule has 0 unspecified atom stereocenters. The monoisotopic (exact) mass is 353 g/mol. The second-order valence-corrected chi connectivity index (χ2v) is 5.30. The van der Waals surface area contributed by atoms with E-state index in [1.54, 1.807) is 43.3 Å². The Labute approximate surface area is 148 Å². The standard InChI is InChI=1S/C17H15N5O4/c1-10-9-12(22-26-10)21-16(23)14(11-5-3-2-4-6-11)25-17(24)13-15(18)20-8-7-19-13/h2-9,14H,1H3,(H2,18,20)(H,21,22,23)/t14-/m0/s1. The van der Waals surface area contributed by atoms with Crippen molar-refractivity contribution >= 4 is 23.5 Å². The molecule has 3 rings (SSSR count). The highest BCUT2D eigenvalue weighted by Crippen LogP contribution is 2.22. The van der Waals surface area contributed by atoms with E-state index < -0.39 is 18.0 Å². The molecule has 1 atom stereocenters. The van der Waals surface area contributed by atoms with Gasteiger partial charge in [-0.2, -0.15) is 0 Å². The minimum absolute atomic E-state index is 0.0863. The number of benzene rings is 1. The molecular formula is C17H15N5O4. The molecule has 1 amide bonds. The highest BCUT2D eigenvalue weighted by Gasteiger charge is 2.28. The topological polar surface area (TPSA) is 133 Å². The van der Waals surface area contributed by atoms with Gasteiger partial charge in [0.15, 0.2) is 17.3 Å². The van der Waals surface area contributed by atoms with Crippen LogP contribution < -0.4 is 11.1 Å². The number of anilines is 2. The van der Waals surface area contributed by atoms with Crippen LogP contribution in [-0.4, -0.2) is 27.0 Å². The summed E-state index contributed by atoms with van der Waals surface area (Å²) in [5.74, 6) is -0.808. The molecule has 2 heterocycles. The number of carbonyl (C=O) groups is 2. The summed E-state index contributed by atoms with van der Waals surface area (Å²) in [5, 5.41) is 6.24. The fourth-order valence-corrected chi connectivity index (χ4v) is 2.19. The van der Waals surface area contributed by atoms with Crippen LogP contribution in [0.2, 0.25) is 0 Å². The van der Waals surface area contributed by atoms with E-state index >= 15 is 0 Å². The van der Waals surface area contributed by atoms with Crippen LogP contribution in [0.3, 0.4) is 0 Å². The number of hydrogen-bond donors (Lipinski definition) is 2. The molecule has 2 aromatic heterocycles. The van der Waals surface area contributed by atoms with Crippen molar-refractivity contribution in [1.29, 1.82) is 0 Å². The van der Waals surface area contributed by atoms with Gasteiger partial charge in [-0.3, -0.25) is 4.79 Å². The fraction of sp³-hybridized carbons (Fsp3) is 0.118. The Morgan fingerprint density at radius 2 is 1.92 bits per heavy atom. The zero-order chi connectivity index (χ0) is 18.5. The lowest BCUT2D eigenvalue weighted by Crippen LogP contribution is -2.26. The van der Waals surface area contributed by atoms with E-state index in [0.29, 0.717) is 11.3 Å². The van der Waals surface area contributed by atoms with Gasteiger partial charge in [0.1, 0.15) is 5.76 Å². The van der Waals surface area contributed by atoms with Gasteiger partial charge in [0.25, 0.3) is 5.91 Å². The summed E-state index contributed by atoms with van der Waals surface area (Å²) in [7, 11) is 0. The van der Waals surface area contributed by atoms with Crippen LogP contribution in [0, 0.1) is 6.92 Å². The molecule has 0 spiro atoms. The van der Waals surface area contributed by atoms with Crippen LogP contribution in [0.4, 0.5) is 11.6 Å². The summed E-state index contributed by atoms with van der Waals surface area (Å²) in [6.07, 6.45) is 1.42. The van der Waals surface area contributed by atoms with E-state index in [1.165, 1.54) is 12.4 Å². The summed E-state index contributed by atoms with van der Waals surface area (Å²) in [5.41, 5.74) is 5.95. The van der Waals surface area contributed by atoms with Gasteiger partial charge in [0.2, 0.25) is 6.10 Å². The van der Waals surface area contributed by atoms with Crippen molar-refractivity contribution in [3.63, 3.8) is 0 Å². The van der Waals surface area contributed by atoms with Gasteiger partial charge in [-0.1, -0.05) is 35.5 Å². The third-order valence-electron chi connectivity index (χ3n) is 3.36. The molecule has 0 bridgehead atoms. The molecular weight excluding hydrogens is 338 g/mol.